The molecule has 0 spiro atoms. The number of benzene rings is 1. The summed E-state index contributed by atoms with van der Waals surface area (Å²) in [5, 5.41) is 0.521. The molecule has 1 aromatic heterocycles. The van der Waals surface area contributed by atoms with Gasteiger partial charge in [-0.25, -0.2) is 4.79 Å². The largest absolute Gasteiger partial charge is 0.488 e. The molecule has 2 rings (SSSR count). The second-order valence-electron chi connectivity index (χ2n) is 8.70. The highest BCUT2D eigenvalue weighted by atomic mass is 16.6. The first-order valence-electron chi connectivity index (χ1n) is 10.4. The van der Waals surface area contributed by atoms with E-state index in [1.165, 1.54) is 18.1 Å². The Bertz CT molecular complexity index is 1050. The highest BCUT2D eigenvalue weighted by molar-refractivity contribution is 5.87. The Morgan fingerprint density at radius 2 is 1.77 bits per heavy atom. The van der Waals surface area contributed by atoms with Crippen molar-refractivity contribution in [2.75, 3.05) is 6.61 Å². The standard InChI is InChI=1S/C25H32O6/c1-16(2)9-8-10-17(3)13-14-28-22-20-12-11-19(31-25(5,6)7)15-21(20)30-24(27)23(22)29-18(4)26/h9,11-13,15H,8,10,14H2,1-7H3/b17-13+. The molecule has 0 N–H and O–H groups in total. The third-order valence-electron chi connectivity index (χ3n) is 4.21. The van der Waals surface area contributed by atoms with Crippen LogP contribution in [-0.2, 0) is 4.79 Å². The average molecular weight is 429 g/mol. The summed E-state index contributed by atoms with van der Waals surface area (Å²) in [6.07, 6.45) is 6.01. The maximum absolute atomic E-state index is 12.5. The first kappa shape index (κ1) is 24.3. The summed E-state index contributed by atoms with van der Waals surface area (Å²) in [6, 6.07) is 5.12. The molecule has 168 valence electrons. The number of hydrogen-bond acceptors (Lipinski definition) is 6. The topological polar surface area (TPSA) is 75.0 Å². The fraction of sp³-hybridized carbons (Fsp3) is 0.440. The van der Waals surface area contributed by atoms with E-state index in [4.69, 9.17) is 18.6 Å². The van der Waals surface area contributed by atoms with E-state index in [1.54, 1.807) is 18.2 Å². The van der Waals surface area contributed by atoms with E-state index in [9.17, 15) is 9.59 Å². The number of rotatable bonds is 8. The summed E-state index contributed by atoms with van der Waals surface area (Å²) >= 11 is 0. The molecule has 1 heterocycles. The van der Waals surface area contributed by atoms with E-state index in [0.29, 0.717) is 16.7 Å². The number of fused-ring (bicyclic) bond motifs is 1. The Labute approximate surface area is 183 Å². The lowest BCUT2D eigenvalue weighted by molar-refractivity contribution is -0.132. The number of allylic oxidation sites excluding steroid dienone is 3. The van der Waals surface area contributed by atoms with Crippen molar-refractivity contribution in [1.29, 1.82) is 0 Å². The number of carbonyl (C=O) groups is 1. The van der Waals surface area contributed by atoms with Gasteiger partial charge in [0.1, 0.15) is 23.5 Å². The normalized spacial score (nSPS) is 11.9. The molecular weight excluding hydrogens is 396 g/mol. The summed E-state index contributed by atoms with van der Waals surface area (Å²) in [5.41, 5.74) is 1.56. The molecule has 0 amide bonds. The van der Waals surface area contributed by atoms with E-state index in [2.05, 4.69) is 19.9 Å². The van der Waals surface area contributed by atoms with Gasteiger partial charge >= 0.3 is 11.6 Å². The van der Waals surface area contributed by atoms with Crippen molar-refractivity contribution in [2.45, 2.75) is 66.9 Å². The van der Waals surface area contributed by atoms with Gasteiger partial charge in [0.2, 0.25) is 0 Å². The quantitative estimate of drug-likeness (QED) is 0.293. The molecule has 0 radical (unpaired) electrons. The predicted molar refractivity (Wildman–Crippen MR) is 122 cm³/mol. The van der Waals surface area contributed by atoms with Crippen molar-refractivity contribution < 1.29 is 23.4 Å². The second-order valence-corrected chi connectivity index (χ2v) is 8.70. The maximum atomic E-state index is 12.5. The minimum Gasteiger partial charge on any atom is -0.488 e. The van der Waals surface area contributed by atoms with Gasteiger partial charge in [-0.1, -0.05) is 17.2 Å². The predicted octanol–water partition coefficient (Wildman–Crippen LogP) is 5.97. The molecule has 6 heteroatoms. The zero-order chi connectivity index (χ0) is 23.2. The van der Waals surface area contributed by atoms with Gasteiger partial charge in [-0.2, -0.15) is 0 Å². The van der Waals surface area contributed by atoms with Crippen LogP contribution < -0.4 is 19.8 Å². The molecule has 6 nitrogen and oxygen atoms in total. The molecule has 2 aromatic rings. The molecule has 0 unspecified atom stereocenters. The summed E-state index contributed by atoms with van der Waals surface area (Å²) in [4.78, 5) is 24.0. The van der Waals surface area contributed by atoms with Crippen molar-refractivity contribution in [2.24, 2.45) is 0 Å². The first-order valence-corrected chi connectivity index (χ1v) is 10.4. The highest BCUT2D eigenvalue weighted by Gasteiger charge is 2.21. The summed E-state index contributed by atoms with van der Waals surface area (Å²) in [5.74, 6) is -0.140. The molecule has 0 aliphatic rings. The van der Waals surface area contributed by atoms with Crippen molar-refractivity contribution >= 4 is 16.9 Å². The Kier molecular flexibility index (Phi) is 8.08. The third-order valence-corrected chi connectivity index (χ3v) is 4.21. The van der Waals surface area contributed by atoms with Gasteiger partial charge in [-0.05, 0) is 72.6 Å². The molecule has 0 aliphatic carbocycles. The number of hydrogen-bond donors (Lipinski definition) is 0. The van der Waals surface area contributed by atoms with Crippen LogP contribution in [0.15, 0.2) is 50.7 Å². The average Bonchev–Trinajstić information content (AvgIpc) is 2.62. The Morgan fingerprint density at radius 3 is 2.39 bits per heavy atom. The van der Waals surface area contributed by atoms with Crippen LogP contribution in [0.3, 0.4) is 0 Å². The summed E-state index contributed by atoms with van der Waals surface area (Å²) < 4.78 is 22.2. The zero-order valence-electron chi connectivity index (χ0n) is 19.5. The molecular formula is C25H32O6. The number of carbonyl (C=O) groups excluding carboxylic acids is 1. The Hall–Kier alpha value is -3.02. The van der Waals surface area contributed by atoms with E-state index >= 15 is 0 Å². The van der Waals surface area contributed by atoms with Crippen molar-refractivity contribution in [3.63, 3.8) is 0 Å². The van der Waals surface area contributed by atoms with Crippen LogP contribution in [0.4, 0.5) is 0 Å². The minimum atomic E-state index is -0.783. The molecule has 1 aromatic carbocycles. The Balaban J connectivity index is 2.37. The van der Waals surface area contributed by atoms with Crippen LogP contribution in [0.2, 0.25) is 0 Å². The molecule has 0 fully saturated rings. The molecule has 0 atom stereocenters. The molecule has 0 saturated heterocycles. The molecule has 0 aliphatic heterocycles. The van der Waals surface area contributed by atoms with Crippen molar-refractivity contribution in [1.82, 2.24) is 0 Å². The van der Waals surface area contributed by atoms with E-state index in [0.717, 1.165) is 12.8 Å². The van der Waals surface area contributed by atoms with Crippen LogP contribution in [0.5, 0.6) is 17.2 Å². The van der Waals surface area contributed by atoms with E-state index in [1.807, 2.05) is 33.8 Å². The second kappa shape index (κ2) is 10.3. The third kappa shape index (κ3) is 7.63. The van der Waals surface area contributed by atoms with Gasteiger partial charge in [-0.15, -0.1) is 0 Å². The maximum Gasteiger partial charge on any atom is 0.383 e. The van der Waals surface area contributed by atoms with Gasteiger partial charge in [0.05, 0.1) is 5.39 Å². The SMILES string of the molecule is CC(=O)Oc1c(OC/C=C(\C)CCC=C(C)C)c2ccc(OC(C)(C)C)cc2oc1=O. The van der Waals surface area contributed by atoms with Gasteiger partial charge in [0.15, 0.2) is 5.75 Å². The minimum absolute atomic E-state index is 0.178. The van der Waals surface area contributed by atoms with Crippen molar-refractivity contribution in [3.05, 3.63) is 51.9 Å². The molecule has 31 heavy (non-hydrogen) atoms. The van der Waals surface area contributed by atoms with Gasteiger partial charge in [0.25, 0.3) is 5.75 Å². The van der Waals surface area contributed by atoms with Gasteiger partial charge < -0.3 is 18.6 Å². The summed E-state index contributed by atoms with van der Waals surface area (Å²) in [7, 11) is 0. The smallest absolute Gasteiger partial charge is 0.383 e. The zero-order valence-corrected chi connectivity index (χ0v) is 19.5. The van der Waals surface area contributed by atoms with Crippen molar-refractivity contribution in [3.8, 4) is 17.2 Å². The van der Waals surface area contributed by atoms with Crippen LogP contribution in [0, 0.1) is 0 Å². The van der Waals surface area contributed by atoms with Gasteiger partial charge in [-0.3, -0.25) is 4.79 Å². The monoisotopic (exact) mass is 428 g/mol. The fourth-order valence-corrected chi connectivity index (χ4v) is 2.89. The first-order chi connectivity index (χ1) is 14.5. The lowest BCUT2D eigenvalue weighted by atomic mass is 10.1. The van der Waals surface area contributed by atoms with Gasteiger partial charge in [0, 0.05) is 13.0 Å². The van der Waals surface area contributed by atoms with Crippen LogP contribution >= 0.6 is 0 Å². The van der Waals surface area contributed by atoms with E-state index in [-0.39, 0.29) is 18.1 Å². The summed E-state index contributed by atoms with van der Waals surface area (Å²) in [6.45, 7) is 13.4. The van der Waals surface area contributed by atoms with Crippen LogP contribution in [0.1, 0.15) is 61.3 Å². The number of esters is 1. The fourth-order valence-electron chi connectivity index (χ4n) is 2.89. The van der Waals surface area contributed by atoms with E-state index < -0.39 is 17.2 Å². The van der Waals surface area contributed by atoms with Crippen LogP contribution in [0.25, 0.3) is 11.0 Å². The lowest BCUT2D eigenvalue weighted by Crippen LogP contribution is -2.22. The van der Waals surface area contributed by atoms with Crippen LogP contribution in [-0.4, -0.2) is 18.2 Å². The number of ether oxygens (including phenoxy) is 3. The lowest BCUT2D eigenvalue weighted by Gasteiger charge is -2.21. The Morgan fingerprint density at radius 1 is 1.06 bits per heavy atom. The molecule has 0 saturated carbocycles. The molecule has 0 bridgehead atoms. The highest BCUT2D eigenvalue weighted by Crippen LogP contribution is 2.35.